The molecule has 0 bridgehead atoms. The average Bonchev–Trinajstić information content (AvgIpc) is 2.90. The highest BCUT2D eigenvalue weighted by molar-refractivity contribution is 7.98. The van der Waals surface area contributed by atoms with Crippen LogP contribution in [0.5, 0.6) is 0 Å². The Kier molecular flexibility index (Phi) is 6.11. The first kappa shape index (κ1) is 16.4. The lowest BCUT2D eigenvalue weighted by atomic mass is 10.2. The predicted molar refractivity (Wildman–Crippen MR) is 97.0 cm³/mol. The molecule has 116 valence electrons. The number of thioether (sulfide) groups is 1. The molecule has 4 nitrogen and oxygen atoms in total. The summed E-state index contributed by atoms with van der Waals surface area (Å²) in [4.78, 5) is 11.7. The third-order valence-electron chi connectivity index (χ3n) is 3.33. The number of nitrogens with zero attached hydrogens (tertiary/aromatic N) is 2. The molecule has 0 aliphatic rings. The van der Waals surface area contributed by atoms with Gasteiger partial charge in [-0.15, -0.1) is 11.3 Å². The Balaban J connectivity index is 2.40. The van der Waals surface area contributed by atoms with Crippen molar-refractivity contribution in [1.29, 1.82) is 0 Å². The van der Waals surface area contributed by atoms with Crippen molar-refractivity contribution in [1.82, 2.24) is 9.97 Å². The van der Waals surface area contributed by atoms with Crippen molar-refractivity contribution in [3.8, 4) is 0 Å². The first-order valence-electron chi connectivity index (χ1n) is 7.51. The maximum atomic E-state index is 4.67. The van der Waals surface area contributed by atoms with Crippen LogP contribution in [0.25, 0.3) is 10.2 Å². The van der Waals surface area contributed by atoms with E-state index in [4.69, 9.17) is 0 Å². The summed E-state index contributed by atoms with van der Waals surface area (Å²) in [7, 11) is 0. The van der Waals surface area contributed by atoms with Gasteiger partial charge in [-0.1, -0.05) is 13.8 Å². The van der Waals surface area contributed by atoms with E-state index in [-0.39, 0.29) is 0 Å². The number of hydrogen-bond acceptors (Lipinski definition) is 6. The summed E-state index contributed by atoms with van der Waals surface area (Å²) >= 11 is 3.63. The van der Waals surface area contributed by atoms with Crippen molar-refractivity contribution in [2.24, 2.45) is 0 Å². The second-order valence-electron chi connectivity index (χ2n) is 4.92. The molecule has 0 aromatic carbocycles. The number of aromatic nitrogens is 2. The molecule has 0 saturated carbocycles. The zero-order valence-electron chi connectivity index (χ0n) is 13.2. The van der Waals surface area contributed by atoms with Crippen LogP contribution in [0.4, 0.5) is 11.8 Å². The van der Waals surface area contributed by atoms with Crippen LogP contribution in [-0.2, 0) is 6.42 Å². The van der Waals surface area contributed by atoms with Crippen LogP contribution in [0.2, 0.25) is 0 Å². The van der Waals surface area contributed by atoms with Gasteiger partial charge in [-0.25, -0.2) is 4.98 Å². The summed E-state index contributed by atoms with van der Waals surface area (Å²) in [6, 6.07) is 2.67. The van der Waals surface area contributed by atoms with Gasteiger partial charge in [-0.3, -0.25) is 0 Å². The number of nitrogens with one attached hydrogen (secondary N) is 2. The van der Waals surface area contributed by atoms with E-state index in [9.17, 15) is 0 Å². The van der Waals surface area contributed by atoms with Crippen molar-refractivity contribution in [3.05, 3.63) is 10.9 Å². The summed E-state index contributed by atoms with van der Waals surface area (Å²) in [6.07, 6.45) is 4.27. The lowest BCUT2D eigenvalue weighted by molar-refractivity contribution is 0.771. The molecule has 2 heterocycles. The molecule has 2 aromatic rings. The summed E-state index contributed by atoms with van der Waals surface area (Å²) < 4.78 is 0. The lowest BCUT2D eigenvalue weighted by Gasteiger charge is -2.17. The highest BCUT2D eigenvalue weighted by Gasteiger charge is 2.14. The van der Waals surface area contributed by atoms with Crippen LogP contribution in [0.15, 0.2) is 6.07 Å². The molecular formula is C15H24N4S2. The molecule has 0 spiro atoms. The molecule has 1 unspecified atom stereocenters. The fourth-order valence-corrected chi connectivity index (χ4v) is 3.84. The largest absolute Gasteiger partial charge is 0.366 e. The van der Waals surface area contributed by atoms with Crippen LogP contribution in [0.1, 0.15) is 32.1 Å². The minimum Gasteiger partial charge on any atom is -0.366 e. The van der Waals surface area contributed by atoms with E-state index < -0.39 is 0 Å². The quantitative estimate of drug-likeness (QED) is 0.760. The molecule has 0 aliphatic carbocycles. The zero-order valence-corrected chi connectivity index (χ0v) is 14.8. The fourth-order valence-electron chi connectivity index (χ4n) is 2.15. The Morgan fingerprint density at radius 1 is 1.29 bits per heavy atom. The van der Waals surface area contributed by atoms with Gasteiger partial charge in [0.25, 0.3) is 0 Å². The molecule has 0 amide bonds. The minimum absolute atomic E-state index is 0.442. The Labute approximate surface area is 135 Å². The first-order valence-corrected chi connectivity index (χ1v) is 9.72. The van der Waals surface area contributed by atoms with Gasteiger partial charge in [0.05, 0.1) is 5.39 Å². The van der Waals surface area contributed by atoms with Gasteiger partial charge in [0, 0.05) is 23.2 Å². The molecule has 0 saturated heterocycles. The molecule has 6 heteroatoms. The smallest absolute Gasteiger partial charge is 0.226 e. The molecule has 0 aliphatic heterocycles. The van der Waals surface area contributed by atoms with E-state index in [0.717, 1.165) is 47.1 Å². The van der Waals surface area contributed by atoms with Gasteiger partial charge in [0.15, 0.2) is 0 Å². The van der Waals surface area contributed by atoms with Crippen LogP contribution < -0.4 is 10.6 Å². The molecule has 0 radical (unpaired) electrons. The van der Waals surface area contributed by atoms with Crippen LogP contribution >= 0.6 is 23.1 Å². The number of aryl methyl sites for hydroxylation is 1. The predicted octanol–water partition coefficient (Wildman–Crippen LogP) is 4.24. The van der Waals surface area contributed by atoms with Crippen molar-refractivity contribution in [2.45, 2.75) is 39.7 Å². The van der Waals surface area contributed by atoms with E-state index in [1.54, 1.807) is 11.3 Å². The maximum absolute atomic E-state index is 4.67. The van der Waals surface area contributed by atoms with Crippen LogP contribution in [0, 0.1) is 0 Å². The monoisotopic (exact) mass is 324 g/mol. The van der Waals surface area contributed by atoms with Crippen LogP contribution in [-0.4, -0.2) is 34.6 Å². The number of anilines is 2. The second kappa shape index (κ2) is 7.84. The number of fused-ring (bicyclic) bond motifs is 1. The van der Waals surface area contributed by atoms with Gasteiger partial charge in [0.2, 0.25) is 5.95 Å². The number of rotatable bonds is 8. The summed E-state index contributed by atoms with van der Waals surface area (Å²) in [6.45, 7) is 7.29. The normalized spacial score (nSPS) is 12.6. The summed E-state index contributed by atoms with van der Waals surface area (Å²) in [5, 5.41) is 7.98. The van der Waals surface area contributed by atoms with Gasteiger partial charge in [-0.2, -0.15) is 16.7 Å². The van der Waals surface area contributed by atoms with Crippen molar-refractivity contribution < 1.29 is 0 Å². The molecule has 2 aromatic heterocycles. The summed E-state index contributed by atoms with van der Waals surface area (Å²) in [5.74, 6) is 2.77. The fraction of sp³-hybridized carbons (Fsp3) is 0.600. The number of thiophene rings is 1. The van der Waals surface area contributed by atoms with Gasteiger partial charge >= 0.3 is 0 Å². The van der Waals surface area contributed by atoms with Crippen molar-refractivity contribution in [3.63, 3.8) is 0 Å². The van der Waals surface area contributed by atoms with Crippen LogP contribution in [0.3, 0.4) is 0 Å². The first-order chi connectivity index (χ1) is 10.2. The van der Waals surface area contributed by atoms with Gasteiger partial charge in [0.1, 0.15) is 10.6 Å². The SMILES string of the molecule is CCNc1nc(NC(CC)CSC)c2cc(CC)sc2n1. The zero-order chi connectivity index (χ0) is 15.2. The lowest BCUT2D eigenvalue weighted by Crippen LogP contribution is -2.22. The van der Waals surface area contributed by atoms with E-state index in [2.05, 4.69) is 53.7 Å². The third-order valence-corrected chi connectivity index (χ3v) is 5.24. The Morgan fingerprint density at radius 3 is 2.71 bits per heavy atom. The molecule has 21 heavy (non-hydrogen) atoms. The highest BCUT2D eigenvalue weighted by Crippen LogP contribution is 2.31. The Morgan fingerprint density at radius 2 is 2.10 bits per heavy atom. The molecule has 0 fully saturated rings. The van der Waals surface area contributed by atoms with E-state index >= 15 is 0 Å². The van der Waals surface area contributed by atoms with Gasteiger partial charge < -0.3 is 10.6 Å². The third kappa shape index (κ3) is 4.01. The molecule has 2 rings (SSSR count). The molecular weight excluding hydrogens is 300 g/mol. The van der Waals surface area contributed by atoms with Crippen molar-refractivity contribution >= 4 is 45.1 Å². The number of hydrogen-bond donors (Lipinski definition) is 2. The minimum atomic E-state index is 0.442. The van der Waals surface area contributed by atoms with Crippen molar-refractivity contribution in [2.75, 3.05) is 29.2 Å². The average molecular weight is 325 g/mol. The highest BCUT2D eigenvalue weighted by atomic mass is 32.2. The van der Waals surface area contributed by atoms with E-state index in [1.807, 2.05) is 11.8 Å². The van der Waals surface area contributed by atoms with E-state index in [1.165, 1.54) is 4.88 Å². The topological polar surface area (TPSA) is 49.8 Å². The Hall–Kier alpha value is -1.01. The molecule has 2 N–H and O–H groups in total. The maximum Gasteiger partial charge on any atom is 0.226 e. The van der Waals surface area contributed by atoms with E-state index in [0.29, 0.717) is 6.04 Å². The molecule has 1 atom stereocenters. The second-order valence-corrected chi connectivity index (χ2v) is 6.94. The summed E-state index contributed by atoms with van der Waals surface area (Å²) in [5.41, 5.74) is 0. The van der Waals surface area contributed by atoms with Gasteiger partial charge in [-0.05, 0) is 32.1 Å². The Bertz CT molecular complexity index is 582. The standard InChI is InChI=1S/C15H24N4S2/c1-5-10(9-20-4)17-13-12-8-11(6-2)21-14(12)19-15(18-13)16-7-3/h8,10H,5-7,9H2,1-4H3,(H2,16,17,18,19).